The highest BCUT2D eigenvalue weighted by atomic mass is 79.9. The second kappa shape index (κ2) is 3.33. The topological polar surface area (TPSA) is 52.7 Å². The number of hydrogen-bond acceptors (Lipinski definition) is 3. The van der Waals surface area contributed by atoms with Crippen LogP contribution in [0.4, 0.5) is 0 Å². The van der Waals surface area contributed by atoms with Gasteiger partial charge in [0.05, 0.1) is 4.47 Å². The number of halogens is 2. The molecule has 72 valence electrons. The second-order valence-electron chi connectivity index (χ2n) is 2.87. The van der Waals surface area contributed by atoms with E-state index in [1.54, 1.807) is 6.07 Å². The van der Waals surface area contributed by atoms with Gasteiger partial charge in [-0.1, -0.05) is 0 Å². The van der Waals surface area contributed by atoms with Gasteiger partial charge < -0.3 is 5.21 Å². The Kier molecular flexibility index (Phi) is 2.28. The Balaban J connectivity index is 2.94. The largest absolute Gasteiger partial charge is 0.594 e. The molecule has 1 heterocycles. The van der Waals surface area contributed by atoms with E-state index in [0.717, 1.165) is 10.0 Å². The van der Waals surface area contributed by atoms with Crippen molar-refractivity contribution in [2.45, 2.75) is 6.92 Å². The summed E-state index contributed by atoms with van der Waals surface area (Å²) < 4.78 is 0.737. The van der Waals surface area contributed by atoms with E-state index >= 15 is 0 Å². The van der Waals surface area contributed by atoms with Crippen molar-refractivity contribution >= 4 is 38.6 Å². The number of rotatable bonds is 0. The summed E-state index contributed by atoms with van der Waals surface area (Å²) in [6.07, 6.45) is 0. The van der Waals surface area contributed by atoms with Gasteiger partial charge >= 0.3 is 0 Å². The molecule has 1 aromatic heterocycles. The van der Waals surface area contributed by atoms with Gasteiger partial charge in [-0.15, -0.1) is 0 Å². The molecule has 0 amide bonds. The molecular formula is C8H5BrClN3O. The van der Waals surface area contributed by atoms with Crippen molar-refractivity contribution in [2.75, 3.05) is 0 Å². The average Bonchev–Trinajstić information content (AvgIpc) is 2.07. The monoisotopic (exact) mass is 273 g/mol. The van der Waals surface area contributed by atoms with Crippen LogP contribution in [0, 0.1) is 12.1 Å². The minimum absolute atomic E-state index is 0.0583. The molecule has 0 saturated carbocycles. The number of aryl methyl sites for hydroxylation is 1. The molecule has 2 aromatic rings. The van der Waals surface area contributed by atoms with Gasteiger partial charge in [-0.05, 0) is 50.9 Å². The lowest BCUT2D eigenvalue weighted by molar-refractivity contribution is -0.643. The molecule has 4 nitrogen and oxygen atoms in total. The van der Waals surface area contributed by atoms with Crippen LogP contribution < -0.4 is 4.85 Å². The van der Waals surface area contributed by atoms with Crippen molar-refractivity contribution < 1.29 is 4.85 Å². The van der Waals surface area contributed by atoms with Crippen LogP contribution in [0.3, 0.4) is 0 Å². The maximum Gasteiger partial charge on any atom is 0.290 e. The van der Waals surface area contributed by atoms with Crippen molar-refractivity contribution in [2.24, 2.45) is 0 Å². The van der Waals surface area contributed by atoms with Gasteiger partial charge in [0.1, 0.15) is 0 Å². The van der Waals surface area contributed by atoms with Gasteiger partial charge in [-0.2, -0.15) is 0 Å². The number of aromatic nitrogens is 3. The number of benzene rings is 1. The van der Waals surface area contributed by atoms with Crippen LogP contribution in [0.25, 0.3) is 11.0 Å². The van der Waals surface area contributed by atoms with E-state index < -0.39 is 0 Å². The molecule has 0 aliphatic carbocycles. The Labute approximate surface area is 93.2 Å². The molecule has 0 bridgehead atoms. The van der Waals surface area contributed by atoms with E-state index in [1.165, 1.54) is 0 Å². The second-order valence-corrected chi connectivity index (χ2v) is 4.06. The zero-order valence-corrected chi connectivity index (χ0v) is 9.50. The molecule has 0 radical (unpaired) electrons. The fraction of sp³-hybridized carbons (Fsp3) is 0.125. The Bertz CT molecular complexity index is 470. The van der Waals surface area contributed by atoms with E-state index in [0.29, 0.717) is 15.9 Å². The first-order valence-corrected chi connectivity index (χ1v) is 4.98. The third-order valence-electron chi connectivity index (χ3n) is 1.77. The first-order valence-electron chi connectivity index (χ1n) is 3.81. The lowest BCUT2D eigenvalue weighted by Gasteiger charge is -2.01. The lowest BCUT2D eigenvalue weighted by Crippen LogP contribution is -2.32. The van der Waals surface area contributed by atoms with Crippen LogP contribution in [0.1, 0.15) is 5.56 Å². The minimum Gasteiger partial charge on any atom is -0.594 e. The predicted molar refractivity (Wildman–Crippen MR) is 55.9 cm³/mol. The molecular weight excluding hydrogens is 269 g/mol. The van der Waals surface area contributed by atoms with Crippen LogP contribution in [0.5, 0.6) is 0 Å². The van der Waals surface area contributed by atoms with Gasteiger partial charge in [-0.25, -0.2) is 4.98 Å². The van der Waals surface area contributed by atoms with E-state index in [-0.39, 0.29) is 5.28 Å². The van der Waals surface area contributed by atoms with Gasteiger partial charge in [0.2, 0.25) is 0 Å². The molecule has 0 fully saturated rings. The van der Waals surface area contributed by atoms with E-state index in [1.807, 2.05) is 13.0 Å². The van der Waals surface area contributed by atoms with E-state index in [9.17, 15) is 5.21 Å². The molecule has 0 N–H and O–H groups in total. The smallest absolute Gasteiger partial charge is 0.290 e. The van der Waals surface area contributed by atoms with E-state index in [4.69, 9.17) is 11.6 Å². The van der Waals surface area contributed by atoms with Gasteiger partial charge in [0.15, 0.2) is 5.52 Å². The number of hydrogen-bond donors (Lipinski definition) is 0. The van der Waals surface area contributed by atoms with Crippen molar-refractivity contribution in [3.63, 3.8) is 0 Å². The minimum atomic E-state index is -0.0583. The van der Waals surface area contributed by atoms with Crippen molar-refractivity contribution in [3.05, 3.63) is 32.7 Å². The quantitative estimate of drug-likeness (QED) is 0.545. The van der Waals surface area contributed by atoms with Gasteiger partial charge in [0.25, 0.3) is 10.8 Å². The predicted octanol–water partition coefficient (Wildman–Crippen LogP) is 1.99. The molecule has 0 aliphatic heterocycles. The summed E-state index contributed by atoms with van der Waals surface area (Å²) in [6, 6.07) is 3.58. The summed E-state index contributed by atoms with van der Waals surface area (Å²) in [5.74, 6) is 0. The first kappa shape index (κ1) is 9.61. The maximum atomic E-state index is 11.4. The standard InChI is InChI=1S/C8H5BrClN3O/c1-4-2-5(9)7-6(3-4)13(14)12-8(10)11-7/h2-3H,1H3. The van der Waals surface area contributed by atoms with Crippen molar-refractivity contribution in [1.82, 2.24) is 10.1 Å². The highest BCUT2D eigenvalue weighted by Gasteiger charge is 2.12. The van der Waals surface area contributed by atoms with E-state index in [2.05, 4.69) is 26.0 Å². The highest BCUT2D eigenvalue weighted by Crippen LogP contribution is 2.22. The summed E-state index contributed by atoms with van der Waals surface area (Å²) in [7, 11) is 0. The third-order valence-corrected chi connectivity index (χ3v) is 2.54. The summed E-state index contributed by atoms with van der Waals surface area (Å²) in [5, 5.41) is 14.8. The molecule has 2 rings (SSSR count). The van der Waals surface area contributed by atoms with Crippen molar-refractivity contribution in [1.29, 1.82) is 0 Å². The molecule has 0 aliphatic rings. The SMILES string of the molecule is Cc1cc(Br)c2nc(Cl)n[n+]([O-])c2c1. The molecule has 1 aromatic carbocycles. The van der Waals surface area contributed by atoms with Crippen LogP contribution in [0.2, 0.25) is 5.28 Å². The summed E-state index contributed by atoms with van der Waals surface area (Å²) >= 11 is 8.89. The Morgan fingerprint density at radius 2 is 2.21 bits per heavy atom. The number of nitrogens with zero attached hydrogens (tertiary/aromatic N) is 3. The molecule has 0 atom stereocenters. The third kappa shape index (κ3) is 1.53. The molecule has 0 spiro atoms. The summed E-state index contributed by atoms with van der Waals surface area (Å²) in [6.45, 7) is 1.89. The van der Waals surface area contributed by atoms with Crippen molar-refractivity contribution in [3.8, 4) is 0 Å². The zero-order chi connectivity index (χ0) is 10.3. The molecule has 6 heteroatoms. The van der Waals surface area contributed by atoms with Gasteiger partial charge in [0, 0.05) is 11.2 Å². The maximum absolute atomic E-state index is 11.4. The van der Waals surface area contributed by atoms with Crippen LogP contribution >= 0.6 is 27.5 Å². The Morgan fingerprint density at radius 1 is 1.50 bits per heavy atom. The fourth-order valence-corrected chi connectivity index (χ4v) is 2.02. The summed E-state index contributed by atoms with van der Waals surface area (Å²) in [4.78, 5) is 4.44. The van der Waals surface area contributed by atoms with Crippen LogP contribution in [-0.2, 0) is 0 Å². The number of fused-ring (bicyclic) bond motifs is 1. The van der Waals surface area contributed by atoms with Crippen LogP contribution in [0.15, 0.2) is 16.6 Å². The van der Waals surface area contributed by atoms with Crippen LogP contribution in [-0.4, -0.2) is 10.1 Å². The molecule has 0 saturated heterocycles. The Hall–Kier alpha value is -0.940. The first-order chi connectivity index (χ1) is 6.58. The molecule has 14 heavy (non-hydrogen) atoms. The van der Waals surface area contributed by atoms with Gasteiger partial charge in [-0.3, -0.25) is 0 Å². The normalized spacial score (nSPS) is 10.8. The fourth-order valence-electron chi connectivity index (χ4n) is 1.22. The molecule has 0 unspecified atom stereocenters. The average molecular weight is 275 g/mol. The summed E-state index contributed by atoms with van der Waals surface area (Å²) in [5.41, 5.74) is 1.88. The lowest BCUT2D eigenvalue weighted by atomic mass is 10.2. The Morgan fingerprint density at radius 3 is 2.93 bits per heavy atom. The highest BCUT2D eigenvalue weighted by molar-refractivity contribution is 9.10. The zero-order valence-electron chi connectivity index (χ0n) is 7.16.